The number of hydrogen-bond acceptors (Lipinski definition) is 6. The highest BCUT2D eigenvalue weighted by atomic mass is 35.5. The number of halogens is 1. The monoisotopic (exact) mass is 500 g/mol. The number of nitrogens with zero attached hydrogens (tertiary/aromatic N) is 4. The number of carbonyl (C=O) groups excluding carboxylic acids is 1. The number of benzene rings is 3. The molecule has 35 heavy (non-hydrogen) atoms. The molecule has 0 aliphatic carbocycles. The van der Waals surface area contributed by atoms with Crippen molar-refractivity contribution in [2.75, 3.05) is 10.0 Å². The van der Waals surface area contributed by atoms with Gasteiger partial charge in [0, 0.05) is 17.5 Å². The number of thioether (sulfide) groups is 1. The van der Waals surface area contributed by atoms with Crippen LogP contribution in [-0.4, -0.2) is 21.5 Å². The van der Waals surface area contributed by atoms with Crippen molar-refractivity contribution in [1.82, 2.24) is 0 Å². The number of Topliss-reactive ketones (excluding diaryl/α,β-unsaturated/α-hetero) is 1. The van der Waals surface area contributed by atoms with Crippen LogP contribution in [0.4, 0.5) is 11.4 Å². The van der Waals surface area contributed by atoms with Crippen LogP contribution in [0.2, 0.25) is 5.02 Å². The van der Waals surface area contributed by atoms with E-state index in [0.29, 0.717) is 16.0 Å². The van der Waals surface area contributed by atoms with E-state index in [0.717, 1.165) is 22.6 Å². The van der Waals surface area contributed by atoms with Gasteiger partial charge in [-0.05, 0) is 65.7 Å². The Hall–Kier alpha value is -3.35. The summed E-state index contributed by atoms with van der Waals surface area (Å²) < 4.78 is 0. The van der Waals surface area contributed by atoms with E-state index in [1.54, 1.807) is 0 Å². The molecule has 5 nitrogen and oxygen atoms in total. The molecule has 0 fully saturated rings. The van der Waals surface area contributed by atoms with Gasteiger partial charge in [-0.25, -0.2) is 10.0 Å². The number of para-hydroxylation sites is 1. The van der Waals surface area contributed by atoms with E-state index in [2.05, 4.69) is 44.2 Å². The largest absolute Gasteiger partial charge is 0.292 e. The first-order chi connectivity index (χ1) is 16.9. The Labute approximate surface area is 214 Å². The van der Waals surface area contributed by atoms with Crippen molar-refractivity contribution < 1.29 is 4.79 Å². The zero-order valence-corrected chi connectivity index (χ0v) is 21.3. The third-order valence-corrected chi connectivity index (χ3v) is 7.52. The zero-order valence-electron chi connectivity index (χ0n) is 19.7. The number of anilines is 2. The van der Waals surface area contributed by atoms with Gasteiger partial charge in [-0.2, -0.15) is 10.2 Å². The summed E-state index contributed by atoms with van der Waals surface area (Å²) >= 11 is 7.71. The van der Waals surface area contributed by atoms with Gasteiger partial charge < -0.3 is 0 Å². The Morgan fingerprint density at radius 1 is 0.914 bits per heavy atom. The molecule has 176 valence electrons. The molecule has 0 radical (unpaired) electrons. The number of allylic oxidation sites excluding steroid dienone is 1. The minimum atomic E-state index is -0.908. The van der Waals surface area contributed by atoms with Crippen LogP contribution < -0.4 is 10.0 Å². The Balaban J connectivity index is 1.64. The smallest absolute Gasteiger partial charge is 0.227 e. The fourth-order valence-electron chi connectivity index (χ4n) is 4.07. The molecule has 2 aliphatic rings. The second kappa shape index (κ2) is 9.36. The molecule has 7 heteroatoms. The topological polar surface area (TPSA) is 48.3 Å². The van der Waals surface area contributed by atoms with E-state index in [1.807, 2.05) is 70.7 Å². The van der Waals surface area contributed by atoms with Gasteiger partial charge in [0.1, 0.15) is 0 Å². The number of ketones is 1. The lowest BCUT2D eigenvalue weighted by Crippen LogP contribution is -2.53. The van der Waals surface area contributed by atoms with Crippen LogP contribution in [0.15, 0.2) is 101 Å². The maximum absolute atomic E-state index is 12.4. The Kier molecular flexibility index (Phi) is 6.26. The molecule has 0 amide bonds. The molecule has 2 aliphatic heterocycles. The molecular formula is C28H25ClN4OS. The first kappa shape index (κ1) is 23.4. The normalized spacial score (nSPS) is 19.3. The third-order valence-electron chi connectivity index (χ3n) is 5.94. The lowest BCUT2D eigenvalue weighted by molar-refractivity contribution is -0.110. The van der Waals surface area contributed by atoms with Crippen molar-refractivity contribution in [2.24, 2.45) is 10.2 Å². The molecule has 0 unspecified atom stereocenters. The van der Waals surface area contributed by atoms with Crippen molar-refractivity contribution in [3.63, 3.8) is 0 Å². The lowest BCUT2D eigenvalue weighted by Gasteiger charge is -2.43. The molecule has 3 aromatic carbocycles. The average molecular weight is 501 g/mol. The minimum Gasteiger partial charge on any atom is -0.292 e. The Morgan fingerprint density at radius 3 is 2.26 bits per heavy atom. The highest BCUT2D eigenvalue weighted by Gasteiger charge is 2.51. The van der Waals surface area contributed by atoms with Gasteiger partial charge in [0.2, 0.25) is 4.99 Å². The van der Waals surface area contributed by atoms with Crippen molar-refractivity contribution in [1.29, 1.82) is 0 Å². The summed E-state index contributed by atoms with van der Waals surface area (Å²) in [6.45, 7) is 5.90. The molecule has 0 saturated carbocycles. The number of hydrogen-bond donors (Lipinski definition) is 0. The lowest BCUT2D eigenvalue weighted by atomic mass is 10.00. The van der Waals surface area contributed by atoms with Gasteiger partial charge in [0.15, 0.2) is 10.8 Å². The van der Waals surface area contributed by atoms with E-state index in [-0.39, 0.29) is 5.78 Å². The maximum atomic E-state index is 12.4. The molecule has 3 aromatic rings. The van der Waals surface area contributed by atoms with Gasteiger partial charge in [-0.1, -0.05) is 74.0 Å². The van der Waals surface area contributed by atoms with Crippen molar-refractivity contribution >= 4 is 51.3 Å². The van der Waals surface area contributed by atoms with E-state index in [9.17, 15) is 4.79 Å². The van der Waals surface area contributed by atoms with Gasteiger partial charge in [0.25, 0.3) is 0 Å². The van der Waals surface area contributed by atoms with Crippen molar-refractivity contribution in [3.05, 3.63) is 107 Å². The summed E-state index contributed by atoms with van der Waals surface area (Å²) in [5, 5.41) is 14.6. The van der Waals surface area contributed by atoms with Gasteiger partial charge in [-0.3, -0.25) is 4.79 Å². The number of rotatable bonds is 5. The second-order valence-corrected chi connectivity index (χ2v) is 10.4. The molecule has 1 spiro atoms. The van der Waals surface area contributed by atoms with Crippen LogP contribution in [0.1, 0.15) is 37.8 Å². The van der Waals surface area contributed by atoms with Crippen molar-refractivity contribution in [2.45, 2.75) is 31.7 Å². The van der Waals surface area contributed by atoms with Gasteiger partial charge in [-0.15, -0.1) is 0 Å². The molecule has 5 rings (SSSR count). The summed E-state index contributed by atoms with van der Waals surface area (Å²) in [4.78, 5) is 11.5. The summed E-state index contributed by atoms with van der Waals surface area (Å²) in [5.41, 5.74) is 4.78. The van der Waals surface area contributed by atoms with Gasteiger partial charge >= 0.3 is 0 Å². The molecule has 0 saturated heterocycles. The highest BCUT2D eigenvalue weighted by molar-refractivity contribution is 8.17. The molecule has 0 N–H and O–H groups in total. The first-order valence-electron chi connectivity index (χ1n) is 11.5. The predicted molar refractivity (Wildman–Crippen MR) is 147 cm³/mol. The second-order valence-electron chi connectivity index (χ2n) is 8.76. The number of carbonyl (C=O) groups is 1. The predicted octanol–water partition coefficient (Wildman–Crippen LogP) is 7.05. The molecule has 1 atom stereocenters. The van der Waals surface area contributed by atoms with Gasteiger partial charge in [0.05, 0.1) is 17.1 Å². The van der Waals surface area contributed by atoms with E-state index < -0.39 is 4.99 Å². The van der Waals surface area contributed by atoms with Crippen molar-refractivity contribution in [3.8, 4) is 0 Å². The van der Waals surface area contributed by atoms with Crippen LogP contribution in [-0.2, 0) is 4.79 Å². The molecule has 2 heterocycles. The van der Waals surface area contributed by atoms with Crippen LogP contribution in [0.3, 0.4) is 0 Å². The summed E-state index contributed by atoms with van der Waals surface area (Å²) in [6, 6.07) is 25.9. The fraction of sp³-hybridized carbons (Fsp3) is 0.179. The minimum absolute atomic E-state index is 0.0978. The first-order valence-corrected chi connectivity index (χ1v) is 12.6. The quantitative estimate of drug-likeness (QED) is 0.376. The average Bonchev–Trinajstić information content (AvgIpc) is 3.25. The summed E-state index contributed by atoms with van der Waals surface area (Å²) in [7, 11) is 0. The Morgan fingerprint density at radius 2 is 1.60 bits per heavy atom. The van der Waals surface area contributed by atoms with E-state index >= 15 is 0 Å². The standard InChI is InChI=1S/C28H25ClN4OS/c1-19(2)21-12-14-22(15-13-21)26-16-17-28(32(30-26)24-9-5-4-6-10-24)33(31-27(35-28)20(3)34)25-11-7-8-23(29)18-25/h4-19H,1-3H3/t28-/m0/s1. The molecular weight excluding hydrogens is 476 g/mol. The highest BCUT2D eigenvalue weighted by Crippen LogP contribution is 2.48. The number of hydrazone groups is 2. The molecule has 0 bridgehead atoms. The fourth-order valence-corrected chi connectivity index (χ4v) is 5.41. The summed E-state index contributed by atoms with van der Waals surface area (Å²) in [5.74, 6) is 0.361. The van der Waals surface area contributed by atoms with Crippen LogP contribution >= 0.6 is 23.4 Å². The van der Waals surface area contributed by atoms with Crippen LogP contribution in [0.25, 0.3) is 0 Å². The maximum Gasteiger partial charge on any atom is 0.227 e. The SMILES string of the molecule is CC(=O)C1=NN(c2cccc(Cl)c2)[C@@]2(C=CC(c3ccc(C(C)C)cc3)=NN2c2ccccc2)S1. The van der Waals surface area contributed by atoms with Crippen LogP contribution in [0.5, 0.6) is 0 Å². The molecule has 0 aromatic heterocycles. The van der Waals surface area contributed by atoms with Crippen LogP contribution in [0, 0.1) is 0 Å². The Bertz CT molecular complexity index is 1350. The summed E-state index contributed by atoms with van der Waals surface area (Å²) in [6.07, 6.45) is 4.07. The zero-order chi connectivity index (χ0) is 24.6. The third kappa shape index (κ3) is 4.40. The van der Waals surface area contributed by atoms with E-state index in [1.165, 1.54) is 24.2 Å². The van der Waals surface area contributed by atoms with E-state index in [4.69, 9.17) is 21.8 Å².